The Morgan fingerprint density at radius 3 is 2.12 bits per heavy atom. The summed E-state index contributed by atoms with van der Waals surface area (Å²) in [6.07, 6.45) is 0. The van der Waals surface area contributed by atoms with Crippen molar-refractivity contribution >= 4 is 56.4 Å². The number of anilines is 2. The predicted molar refractivity (Wildman–Crippen MR) is 105 cm³/mol. The highest BCUT2D eigenvalue weighted by Gasteiger charge is 2.16. The quantitative estimate of drug-likeness (QED) is 0.693. The second-order valence-electron chi connectivity index (χ2n) is 5.37. The number of nitrogens with zero attached hydrogens (tertiary/aromatic N) is 1. The highest BCUT2D eigenvalue weighted by Crippen LogP contribution is 2.23. The Labute approximate surface area is 163 Å². The predicted octanol–water partition coefficient (Wildman–Crippen LogP) is 2.81. The third-order valence-electron chi connectivity index (χ3n) is 3.24. The molecule has 0 atom stereocenters. The summed E-state index contributed by atoms with van der Waals surface area (Å²) in [6, 6.07) is 10.2. The Bertz CT molecular complexity index is 792. The molecule has 1 aromatic heterocycles. The summed E-state index contributed by atoms with van der Waals surface area (Å²) in [7, 11) is 3.02. The van der Waals surface area contributed by atoms with Crippen molar-refractivity contribution in [3.8, 4) is 0 Å². The zero-order valence-electron chi connectivity index (χ0n) is 14.2. The van der Waals surface area contributed by atoms with Crippen LogP contribution in [0.2, 0.25) is 0 Å². The molecule has 1 heterocycles. The van der Waals surface area contributed by atoms with Crippen LogP contribution in [0.3, 0.4) is 0 Å². The van der Waals surface area contributed by atoms with E-state index in [1.54, 1.807) is 43.4 Å². The number of halogens is 1. The molecule has 0 spiro atoms. The molecule has 2 N–H and O–H groups in total. The molecule has 2 aromatic rings. The van der Waals surface area contributed by atoms with Crippen molar-refractivity contribution < 1.29 is 19.1 Å². The number of ether oxygens (including phenoxy) is 1. The van der Waals surface area contributed by atoms with Crippen LogP contribution in [-0.2, 0) is 14.3 Å². The maximum atomic E-state index is 12.2. The Morgan fingerprint density at radius 1 is 1.04 bits per heavy atom. The number of nitrogens with one attached hydrogen (secondary N) is 2. The molecule has 0 aliphatic carbocycles. The maximum Gasteiger partial charge on any atom is 0.264 e. The van der Waals surface area contributed by atoms with Gasteiger partial charge >= 0.3 is 0 Å². The standard InChI is InChI=1S/C17H18BrN3O4S/c1-21(17(24)13-7-8-14(18)26-13)9-15(22)19-11-3-5-12(6-4-11)20-16(23)10-25-2/h3-8H,9-10H2,1-2H3,(H,19,22)(H,20,23). The smallest absolute Gasteiger partial charge is 0.264 e. The zero-order valence-corrected chi connectivity index (χ0v) is 16.6. The van der Waals surface area contributed by atoms with Gasteiger partial charge in [-0.1, -0.05) is 0 Å². The second-order valence-corrected chi connectivity index (χ2v) is 7.83. The van der Waals surface area contributed by atoms with Crippen LogP contribution in [0.5, 0.6) is 0 Å². The number of rotatable bonds is 7. The van der Waals surface area contributed by atoms with E-state index in [1.165, 1.54) is 23.3 Å². The molecule has 0 aliphatic rings. The van der Waals surface area contributed by atoms with Crippen molar-refractivity contribution in [1.82, 2.24) is 4.90 Å². The molecule has 0 bridgehead atoms. The van der Waals surface area contributed by atoms with Gasteiger partial charge in [-0.15, -0.1) is 11.3 Å². The zero-order chi connectivity index (χ0) is 19.1. The average Bonchev–Trinajstić information content (AvgIpc) is 3.02. The second kappa shape index (κ2) is 9.46. The number of carbonyl (C=O) groups excluding carboxylic acids is 3. The third-order valence-corrected chi connectivity index (χ3v) is 4.85. The molecule has 0 aliphatic heterocycles. The maximum absolute atomic E-state index is 12.2. The number of thiophene rings is 1. The van der Waals surface area contributed by atoms with E-state index in [0.717, 1.165) is 3.79 Å². The number of likely N-dealkylation sites (N-methyl/N-ethyl adjacent to an activating group) is 1. The lowest BCUT2D eigenvalue weighted by Crippen LogP contribution is -2.34. The molecule has 0 radical (unpaired) electrons. The van der Waals surface area contributed by atoms with E-state index < -0.39 is 0 Å². The summed E-state index contributed by atoms with van der Waals surface area (Å²) in [5.41, 5.74) is 1.17. The molecule has 1 aromatic carbocycles. The lowest BCUT2D eigenvalue weighted by atomic mass is 10.2. The van der Waals surface area contributed by atoms with E-state index in [-0.39, 0.29) is 30.9 Å². The highest BCUT2D eigenvalue weighted by molar-refractivity contribution is 9.11. The van der Waals surface area contributed by atoms with Crippen LogP contribution in [0.25, 0.3) is 0 Å². The van der Waals surface area contributed by atoms with Gasteiger partial charge in [0.1, 0.15) is 6.61 Å². The summed E-state index contributed by atoms with van der Waals surface area (Å²) in [6.45, 7) is -0.0969. The third kappa shape index (κ3) is 5.94. The van der Waals surface area contributed by atoms with Crippen molar-refractivity contribution in [2.75, 3.05) is 37.9 Å². The molecule has 2 rings (SSSR count). The number of benzene rings is 1. The summed E-state index contributed by atoms with van der Waals surface area (Å²) in [4.78, 5) is 37.7. The number of carbonyl (C=O) groups is 3. The Hall–Kier alpha value is -2.23. The van der Waals surface area contributed by atoms with Gasteiger partial charge in [0.25, 0.3) is 5.91 Å². The van der Waals surface area contributed by atoms with Crippen LogP contribution >= 0.6 is 27.3 Å². The van der Waals surface area contributed by atoms with Gasteiger partial charge in [0.05, 0.1) is 15.2 Å². The van der Waals surface area contributed by atoms with Crippen molar-refractivity contribution in [3.63, 3.8) is 0 Å². The SMILES string of the molecule is COCC(=O)Nc1ccc(NC(=O)CN(C)C(=O)c2ccc(Br)s2)cc1. The van der Waals surface area contributed by atoms with Gasteiger partial charge in [0.2, 0.25) is 11.8 Å². The lowest BCUT2D eigenvalue weighted by Gasteiger charge is -2.16. The molecular weight excluding hydrogens is 422 g/mol. The first-order valence-corrected chi connectivity index (χ1v) is 9.19. The van der Waals surface area contributed by atoms with Crippen molar-refractivity contribution in [3.05, 3.63) is 45.1 Å². The molecule has 138 valence electrons. The van der Waals surface area contributed by atoms with E-state index in [0.29, 0.717) is 16.3 Å². The van der Waals surface area contributed by atoms with Crippen LogP contribution in [0, 0.1) is 0 Å². The molecule has 3 amide bonds. The van der Waals surface area contributed by atoms with Gasteiger partial charge in [-0.3, -0.25) is 14.4 Å². The minimum atomic E-state index is -0.312. The molecule has 7 nitrogen and oxygen atoms in total. The molecular formula is C17H18BrN3O4S. The van der Waals surface area contributed by atoms with Crippen LogP contribution in [0.4, 0.5) is 11.4 Å². The van der Waals surface area contributed by atoms with Crippen molar-refractivity contribution in [2.24, 2.45) is 0 Å². The molecule has 0 saturated heterocycles. The Kier molecular flexibility index (Phi) is 7.31. The van der Waals surface area contributed by atoms with Crippen LogP contribution in [0.15, 0.2) is 40.2 Å². The summed E-state index contributed by atoms with van der Waals surface area (Å²) >= 11 is 4.62. The normalized spacial score (nSPS) is 10.3. The topological polar surface area (TPSA) is 87.7 Å². The fourth-order valence-corrected chi connectivity index (χ4v) is 3.45. The number of hydrogen-bond donors (Lipinski definition) is 2. The molecule has 0 fully saturated rings. The molecule has 0 saturated carbocycles. The van der Waals surface area contributed by atoms with Gasteiger partial charge in [0.15, 0.2) is 0 Å². The van der Waals surface area contributed by atoms with Gasteiger partial charge in [-0.25, -0.2) is 0 Å². The first-order chi connectivity index (χ1) is 12.4. The first-order valence-electron chi connectivity index (χ1n) is 7.58. The lowest BCUT2D eigenvalue weighted by molar-refractivity contribution is -0.119. The van der Waals surface area contributed by atoms with E-state index >= 15 is 0 Å². The van der Waals surface area contributed by atoms with Crippen LogP contribution < -0.4 is 10.6 Å². The number of methoxy groups -OCH3 is 1. The van der Waals surface area contributed by atoms with Gasteiger partial charge in [-0.05, 0) is 52.3 Å². The highest BCUT2D eigenvalue weighted by atomic mass is 79.9. The van der Waals surface area contributed by atoms with E-state index in [9.17, 15) is 14.4 Å². The van der Waals surface area contributed by atoms with Gasteiger partial charge in [-0.2, -0.15) is 0 Å². The average molecular weight is 440 g/mol. The molecule has 26 heavy (non-hydrogen) atoms. The minimum absolute atomic E-state index is 0.0281. The number of hydrogen-bond acceptors (Lipinski definition) is 5. The fourth-order valence-electron chi connectivity index (χ4n) is 2.07. The summed E-state index contributed by atoms with van der Waals surface area (Å²) in [5.74, 6) is -0.788. The first kappa shape index (κ1) is 20.1. The number of amides is 3. The Morgan fingerprint density at radius 2 is 1.62 bits per heavy atom. The van der Waals surface area contributed by atoms with Crippen molar-refractivity contribution in [1.29, 1.82) is 0 Å². The largest absolute Gasteiger partial charge is 0.375 e. The van der Waals surface area contributed by atoms with Crippen molar-refractivity contribution in [2.45, 2.75) is 0 Å². The van der Waals surface area contributed by atoms with Crippen LogP contribution in [-0.4, -0.2) is 49.9 Å². The van der Waals surface area contributed by atoms with Crippen LogP contribution in [0.1, 0.15) is 9.67 Å². The minimum Gasteiger partial charge on any atom is -0.375 e. The van der Waals surface area contributed by atoms with Gasteiger partial charge in [0, 0.05) is 25.5 Å². The van der Waals surface area contributed by atoms with Gasteiger partial charge < -0.3 is 20.3 Å². The monoisotopic (exact) mass is 439 g/mol. The summed E-state index contributed by atoms with van der Waals surface area (Å²) < 4.78 is 5.60. The summed E-state index contributed by atoms with van der Waals surface area (Å²) in [5, 5.41) is 5.37. The molecule has 9 heteroatoms. The van der Waals surface area contributed by atoms with E-state index in [1.807, 2.05) is 0 Å². The fraction of sp³-hybridized carbons (Fsp3) is 0.235. The Balaban J connectivity index is 1.87. The van der Waals surface area contributed by atoms with E-state index in [2.05, 4.69) is 26.6 Å². The molecule has 0 unspecified atom stereocenters. The van der Waals surface area contributed by atoms with E-state index in [4.69, 9.17) is 4.74 Å².